The second kappa shape index (κ2) is 8.73. The molecule has 4 rings (SSSR count). The first-order valence-electron chi connectivity index (χ1n) is 9.55. The van der Waals surface area contributed by atoms with Gasteiger partial charge in [-0.2, -0.15) is 0 Å². The molecule has 1 aliphatic heterocycles. The number of aromatic nitrogens is 1. The molecule has 1 fully saturated rings. The predicted octanol–water partition coefficient (Wildman–Crippen LogP) is 4.23. The maximum Gasteiger partial charge on any atom is 0.294 e. The van der Waals surface area contributed by atoms with Gasteiger partial charge in [0.1, 0.15) is 17.1 Å². The van der Waals surface area contributed by atoms with Gasteiger partial charge in [-0.1, -0.05) is 16.8 Å². The lowest BCUT2D eigenvalue weighted by atomic mass is 10.1. The molecule has 30 heavy (non-hydrogen) atoms. The summed E-state index contributed by atoms with van der Waals surface area (Å²) in [5, 5.41) is 15.9. The van der Waals surface area contributed by atoms with Crippen molar-refractivity contribution in [3.05, 3.63) is 69.4 Å². The van der Waals surface area contributed by atoms with E-state index >= 15 is 0 Å². The fourth-order valence-corrected chi connectivity index (χ4v) is 3.73. The molecule has 0 spiro atoms. The molecule has 2 aromatic carbocycles. The minimum atomic E-state index is -0.386. The van der Waals surface area contributed by atoms with Crippen LogP contribution in [-0.4, -0.2) is 48.3 Å². The summed E-state index contributed by atoms with van der Waals surface area (Å²) in [4.78, 5) is 15.2. The number of ether oxygens (including phenoxy) is 1. The lowest BCUT2D eigenvalue weighted by molar-refractivity contribution is -0.384. The lowest BCUT2D eigenvalue weighted by Gasteiger charge is -2.35. The highest BCUT2D eigenvalue weighted by Gasteiger charge is 2.24. The van der Waals surface area contributed by atoms with Crippen molar-refractivity contribution in [3.8, 4) is 17.0 Å². The van der Waals surface area contributed by atoms with E-state index in [-0.39, 0.29) is 10.6 Å². The van der Waals surface area contributed by atoms with Crippen LogP contribution in [0.15, 0.2) is 53.1 Å². The van der Waals surface area contributed by atoms with Gasteiger partial charge in [-0.05, 0) is 36.4 Å². The summed E-state index contributed by atoms with van der Waals surface area (Å²) in [6.45, 7) is 3.53. The topological polar surface area (TPSA) is 84.9 Å². The van der Waals surface area contributed by atoms with Crippen molar-refractivity contribution in [1.29, 1.82) is 0 Å². The smallest absolute Gasteiger partial charge is 0.294 e. The summed E-state index contributed by atoms with van der Waals surface area (Å²) in [6.07, 6.45) is 0. The minimum Gasteiger partial charge on any atom is -0.497 e. The largest absolute Gasteiger partial charge is 0.497 e. The van der Waals surface area contributed by atoms with Gasteiger partial charge in [-0.25, -0.2) is 0 Å². The average molecular weight is 429 g/mol. The van der Waals surface area contributed by atoms with Gasteiger partial charge >= 0.3 is 0 Å². The van der Waals surface area contributed by atoms with Gasteiger partial charge in [0.15, 0.2) is 5.76 Å². The molecule has 1 aromatic heterocycles. The normalized spacial score (nSPS) is 14.7. The molecule has 0 saturated carbocycles. The van der Waals surface area contributed by atoms with E-state index in [2.05, 4.69) is 10.1 Å². The zero-order valence-electron chi connectivity index (χ0n) is 16.5. The predicted molar refractivity (Wildman–Crippen MR) is 114 cm³/mol. The SMILES string of the molecule is COc1ccc(-c2cc(CN3CCN(c4ccc(Cl)cc4[N+](=O)[O-])CC3)on2)cc1. The average Bonchev–Trinajstić information content (AvgIpc) is 3.23. The van der Waals surface area contributed by atoms with E-state index in [0.717, 1.165) is 35.9 Å². The number of methoxy groups -OCH3 is 1. The molecular formula is C21H21ClN4O4. The van der Waals surface area contributed by atoms with Crippen molar-refractivity contribution in [2.45, 2.75) is 6.54 Å². The molecule has 0 aliphatic carbocycles. The Bertz CT molecular complexity index is 1030. The Morgan fingerprint density at radius 3 is 2.53 bits per heavy atom. The summed E-state index contributed by atoms with van der Waals surface area (Å²) in [7, 11) is 1.63. The summed E-state index contributed by atoms with van der Waals surface area (Å²) < 4.78 is 10.7. The Hall–Kier alpha value is -3.10. The maximum atomic E-state index is 11.4. The third-order valence-corrected chi connectivity index (χ3v) is 5.41. The lowest BCUT2D eigenvalue weighted by Crippen LogP contribution is -2.46. The van der Waals surface area contributed by atoms with Crippen LogP contribution in [0.5, 0.6) is 5.75 Å². The molecule has 0 N–H and O–H groups in total. The van der Waals surface area contributed by atoms with Gasteiger partial charge in [-0.15, -0.1) is 0 Å². The minimum absolute atomic E-state index is 0.0373. The van der Waals surface area contributed by atoms with Crippen LogP contribution in [-0.2, 0) is 6.54 Å². The molecule has 9 heteroatoms. The molecule has 156 valence electrons. The number of halogens is 1. The van der Waals surface area contributed by atoms with E-state index in [1.54, 1.807) is 19.2 Å². The number of piperazine rings is 1. The monoisotopic (exact) mass is 428 g/mol. The molecule has 0 atom stereocenters. The van der Waals surface area contributed by atoms with Crippen molar-refractivity contribution in [3.63, 3.8) is 0 Å². The van der Waals surface area contributed by atoms with Gasteiger partial charge in [0.2, 0.25) is 0 Å². The highest BCUT2D eigenvalue weighted by Crippen LogP contribution is 2.32. The Labute approximate surface area is 178 Å². The first-order chi connectivity index (χ1) is 14.5. The number of benzene rings is 2. The van der Waals surface area contributed by atoms with Gasteiger partial charge in [-0.3, -0.25) is 15.0 Å². The first kappa shape index (κ1) is 20.2. The van der Waals surface area contributed by atoms with Gasteiger partial charge in [0, 0.05) is 48.9 Å². The molecule has 8 nitrogen and oxygen atoms in total. The number of rotatable bonds is 6. The molecule has 3 aromatic rings. The number of hydrogen-bond acceptors (Lipinski definition) is 7. The van der Waals surface area contributed by atoms with Crippen molar-refractivity contribution in [2.24, 2.45) is 0 Å². The summed E-state index contributed by atoms with van der Waals surface area (Å²) in [5.41, 5.74) is 2.38. The zero-order chi connectivity index (χ0) is 21.1. The Balaban J connectivity index is 1.38. The van der Waals surface area contributed by atoms with Gasteiger partial charge < -0.3 is 14.2 Å². The van der Waals surface area contributed by atoms with Crippen LogP contribution in [0.3, 0.4) is 0 Å². The molecule has 0 bridgehead atoms. The molecule has 2 heterocycles. The first-order valence-corrected chi connectivity index (χ1v) is 9.92. The fourth-order valence-electron chi connectivity index (χ4n) is 3.56. The summed E-state index contributed by atoms with van der Waals surface area (Å²) in [6, 6.07) is 14.4. The number of hydrogen-bond donors (Lipinski definition) is 0. The second-order valence-corrected chi connectivity index (χ2v) is 7.50. The van der Waals surface area contributed by atoms with Gasteiger partial charge in [0.05, 0.1) is 18.6 Å². The van der Waals surface area contributed by atoms with Crippen molar-refractivity contribution in [1.82, 2.24) is 10.1 Å². The highest BCUT2D eigenvalue weighted by molar-refractivity contribution is 6.30. The van der Waals surface area contributed by atoms with Crippen LogP contribution in [0.4, 0.5) is 11.4 Å². The molecule has 0 radical (unpaired) electrons. The van der Waals surface area contributed by atoms with E-state index in [9.17, 15) is 10.1 Å². The standard InChI is InChI=1S/C21H21ClN4O4/c1-29-17-5-2-15(3-6-17)19-13-18(30-23-19)14-24-8-10-25(11-9-24)20-7-4-16(22)12-21(20)26(27)28/h2-7,12-13H,8-11,14H2,1H3. The molecule has 0 amide bonds. The third-order valence-electron chi connectivity index (χ3n) is 5.17. The van der Waals surface area contributed by atoms with Crippen molar-refractivity contribution >= 4 is 23.0 Å². The summed E-state index contributed by atoms with van der Waals surface area (Å²) >= 11 is 5.92. The Kier molecular flexibility index (Phi) is 5.87. The van der Waals surface area contributed by atoms with E-state index in [0.29, 0.717) is 30.3 Å². The van der Waals surface area contributed by atoms with Crippen LogP contribution in [0.2, 0.25) is 5.02 Å². The quantitative estimate of drug-likeness (QED) is 0.429. The number of anilines is 1. The maximum absolute atomic E-state index is 11.4. The molecule has 0 unspecified atom stereocenters. The van der Waals surface area contributed by atoms with Crippen LogP contribution < -0.4 is 9.64 Å². The molecular weight excluding hydrogens is 408 g/mol. The van der Waals surface area contributed by atoms with Crippen LogP contribution in [0.1, 0.15) is 5.76 Å². The van der Waals surface area contributed by atoms with Gasteiger partial charge in [0.25, 0.3) is 5.69 Å². The van der Waals surface area contributed by atoms with Crippen molar-refractivity contribution in [2.75, 3.05) is 38.2 Å². The van der Waals surface area contributed by atoms with E-state index in [1.165, 1.54) is 6.07 Å². The number of nitro groups is 1. The molecule has 1 aliphatic rings. The van der Waals surface area contributed by atoms with Crippen molar-refractivity contribution < 1.29 is 14.2 Å². The van der Waals surface area contributed by atoms with Crippen LogP contribution in [0, 0.1) is 10.1 Å². The fraction of sp³-hybridized carbons (Fsp3) is 0.286. The Morgan fingerprint density at radius 1 is 1.13 bits per heavy atom. The molecule has 1 saturated heterocycles. The number of nitro benzene ring substituents is 1. The second-order valence-electron chi connectivity index (χ2n) is 7.06. The zero-order valence-corrected chi connectivity index (χ0v) is 17.2. The highest BCUT2D eigenvalue weighted by atomic mass is 35.5. The Morgan fingerprint density at radius 2 is 1.87 bits per heavy atom. The van der Waals surface area contributed by atoms with E-state index < -0.39 is 0 Å². The third kappa shape index (κ3) is 4.39. The van der Waals surface area contributed by atoms with Crippen LogP contribution in [0.25, 0.3) is 11.3 Å². The van der Waals surface area contributed by atoms with E-state index in [1.807, 2.05) is 35.2 Å². The summed E-state index contributed by atoms with van der Waals surface area (Å²) in [5.74, 6) is 1.58. The van der Waals surface area contributed by atoms with E-state index in [4.69, 9.17) is 20.9 Å². The number of nitrogens with zero attached hydrogens (tertiary/aromatic N) is 4. The van der Waals surface area contributed by atoms with Crippen LogP contribution >= 0.6 is 11.6 Å².